The van der Waals surface area contributed by atoms with Gasteiger partial charge in [-0.25, -0.2) is 0 Å². The maximum absolute atomic E-state index is 6.53. The van der Waals surface area contributed by atoms with Crippen LogP contribution in [0.4, 0.5) is 0 Å². The Balaban J connectivity index is 1.69. The van der Waals surface area contributed by atoms with Gasteiger partial charge in [0, 0.05) is 25.6 Å². The Hall–Kier alpha value is -1.31. The number of hydrogen-bond donors (Lipinski definition) is 0. The van der Waals surface area contributed by atoms with E-state index in [9.17, 15) is 0 Å². The normalized spacial score (nSPS) is 23.6. The van der Waals surface area contributed by atoms with E-state index in [0.29, 0.717) is 5.92 Å². The van der Waals surface area contributed by atoms with Crippen LogP contribution in [0.5, 0.6) is 0 Å². The smallest absolute Gasteiger partial charge is 0.0544 e. The summed E-state index contributed by atoms with van der Waals surface area (Å²) in [7, 11) is 0. The minimum atomic E-state index is 0.214. The average molecular weight is 272 g/mol. The van der Waals surface area contributed by atoms with Crippen molar-refractivity contribution in [1.82, 2.24) is 4.90 Å². The summed E-state index contributed by atoms with van der Waals surface area (Å²) in [6.45, 7) is 3.01. The molecule has 1 heterocycles. The van der Waals surface area contributed by atoms with E-state index in [-0.39, 0.29) is 5.38 Å². The summed E-state index contributed by atoms with van der Waals surface area (Å²) < 4.78 is 0. The van der Waals surface area contributed by atoms with Crippen LogP contribution in [-0.2, 0) is 6.54 Å². The molecule has 1 saturated heterocycles. The van der Waals surface area contributed by atoms with Crippen molar-refractivity contribution in [3.8, 4) is 0 Å². The van der Waals surface area contributed by atoms with Crippen LogP contribution in [0, 0.1) is 0 Å². The van der Waals surface area contributed by atoms with Crippen molar-refractivity contribution < 1.29 is 0 Å². The molecule has 3 rings (SSSR count). The highest BCUT2D eigenvalue weighted by atomic mass is 35.5. The summed E-state index contributed by atoms with van der Waals surface area (Å²) in [5.74, 6) is 0.451. The van der Waals surface area contributed by atoms with E-state index in [0.717, 1.165) is 19.6 Å². The Morgan fingerprint density at radius 3 is 2.21 bits per heavy atom. The zero-order valence-electron chi connectivity index (χ0n) is 10.9. The van der Waals surface area contributed by atoms with Crippen LogP contribution in [0.1, 0.15) is 17.0 Å². The van der Waals surface area contributed by atoms with Crippen molar-refractivity contribution in [3.05, 3.63) is 71.8 Å². The zero-order valence-corrected chi connectivity index (χ0v) is 11.6. The molecule has 2 aromatic rings. The third-order valence-corrected chi connectivity index (χ3v) is 4.24. The van der Waals surface area contributed by atoms with Gasteiger partial charge in [0.2, 0.25) is 0 Å². The third-order valence-electron chi connectivity index (χ3n) is 3.80. The van der Waals surface area contributed by atoms with Crippen molar-refractivity contribution in [2.75, 3.05) is 13.1 Å². The van der Waals surface area contributed by atoms with E-state index in [4.69, 9.17) is 11.6 Å². The Kier molecular flexibility index (Phi) is 3.86. The highest BCUT2D eigenvalue weighted by Gasteiger charge is 2.32. The summed E-state index contributed by atoms with van der Waals surface area (Å²) in [5, 5.41) is 0.214. The lowest BCUT2D eigenvalue weighted by molar-refractivity contribution is 0.327. The van der Waals surface area contributed by atoms with Gasteiger partial charge in [-0.2, -0.15) is 0 Å². The fraction of sp³-hybridized carbons (Fsp3) is 0.294. The Morgan fingerprint density at radius 2 is 1.53 bits per heavy atom. The number of nitrogens with zero attached hydrogens (tertiary/aromatic N) is 1. The van der Waals surface area contributed by atoms with E-state index >= 15 is 0 Å². The van der Waals surface area contributed by atoms with Gasteiger partial charge < -0.3 is 0 Å². The lowest BCUT2D eigenvalue weighted by Crippen LogP contribution is -2.20. The quantitative estimate of drug-likeness (QED) is 0.766. The lowest BCUT2D eigenvalue weighted by atomic mass is 9.98. The van der Waals surface area contributed by atoms with Crippen LogP contribution in [-0.4, -0.2) is 23.4 Å². The van der Waals surface area contributed by atoms with E-state index in [2.05, 4.69) is 65.6 Å². The van der Waals surface area contributed by atoms with E-state index in [1.807, 2.05) is 0 Å². The number of alkyl halides is 1. The van der Waals surface area contributed by atoms with Gasteiger partial charge in [0.1, 0.15) is 0 Å². The van der Waals surface area contributed by atoms with E-state index in [1.165, 1.54) is 11.1 Å². The van der Waals surface area contributed by atoms with Gasteiger partial charge in [-0.1, -0.05) is 60.7 Å². The van der Waals surface area contributed by atoms with Crippen LogP contribution in [0.15, 0.2) is 60.7 Å². The maximum Gasteiger partial charge on any atom is 0.0544 e. The molecule has 1 fully saturated rings. The molecule has 0 amide bonds. The lowest BCUT2D eigenvalue weighted by Gasteiger charge is -2.16. The number of rotatable bonds is 3. The monoisotopic (exact) mass is 271 g/mol. The first-order valence-electron chi connectivity index (χ1n) is 6.78. The second-order valence-electron chi connectivity index (χ2n) is 5.21. The third kappa shape index (κ3) is 2.99. The Morgan fingerprint density at radius 1 is 0.895 bits per heavy atom. The first-order chi connectivity index (χ1) is 9.33. The van der Waals surface area contributed by atoms with Crippen molar-refractivity contribution in [2.45, 2.75) is 17.8 Å². The molecule has 0 saturated carbocycles. The van der Waals surface area contributed by atoms with Gasteiger partial charge in [0.25, 0.3) is 0 Å². The number of benzene rings is 2. The second-order valence-corrected chi connectivity index (χ2v) is 5.77. The van der Waals surface area contributed by atoms with Gasteiger partial charge in [0.15, 0.2) is 0 Å². The standard InChI is InChI=1S/C17H18ClN/c18-17-13-19(11-14-7-3-1-4-8-14)12-16(17)15-9-5-2-6-10-15/h1-10,16-17H,11-13H2/t16-,17+/m0/s1. The van der Waals surface area contributed by atoms with Crippen molar-refractivity contribution in [2.24, 2.45) is 0 Å². The van der Waals surface area contributed by atoms with Gasteiger partial charge in [-0.15, -0.1) is 11.6 Å². The van der Waals surface area contributed by atoms with Crippen LogP contribution >= 0.6 is 11.6 Å². The highest BCUT2D eigenvalue weighted by molar-refractivity contribution is 6.21. The molecule has 1 nitrogen and oxygen atoms in total. The van der Waals surface area contributed by atoms with Gasteiger partial charge in [0.05, 0.1) is 5.38 Å². The van der Waals surface area contributed by atoms with Crippen molar-refractivity contribution in [3.63, 3.8) is 0 Å². The molecule has 2 aromatic carbocycles. The molecule has 0 N–H and O–H groups in total. The van der Waals surface area contributed by atoms with Crippen LogP contribution in [0.25, 0.3) is 0 Å². The number of likely N-dealkylation sites (tertiary alicyclic amines) is 1. The summed E-state index contributed by atoms with van der Waals surface area (Å²) in [6.07, 6.45) is 0. The maximum atomic E-state index is 6.53. The molecular formula is C17H18ClN. The first kappa shape index (κ1) is 12.7. The molecule has 0 aliphatic carbocycles. The van der Waals surface area contributed by atoms with Crippen molar-refractivity contribution >= 4 is 11.6 Å². The SMILES string of the molecule is Cl[C@@H]1CN(Cc2ccccc2)C[C@H]1c1ccccc1. The molecule has 1 aliphatic heterocycles. The molecule has 0 radical (unpaired) electrons. The molecule has 19 heavy (non-hydrogen) atoms. The molecule has 0 spiro atoms. The molecule has 2 atom stereocenters. The molecule has 0 unspecified atom stereocenters. The average Bonchev–Trinajstić information content (AvgIpc) is 2.82. The van der Waals surface area contributed by atoms with E-state index < -0.39 is 0 Å². The van der Waals surface area contributed by atoms with Gasteiger partial charge in [-0.05, 0) is 11.1 Å². The first-order valence-corrected chi connectivity index (χ1v) is 7.22. The molecule has 0 bridgehead atoms. The molecule has 98 valence electrons. The van der Waals surface area contributed by atoms with Crippen molar-refractivity contribution in [1.29, 1.82) is 0 Å². The number of halogens is 1. The Bertz CT molecular complexity index is 511. The zero-order chi connectivity index (χ0) is 13.1. The number of hydrogen-bond acceptors (Lipinski definition) is 1. The van der Waals surface area contributed by atoms with Crippen LogP contribution in [0.3, 0.4) is 0 Å². The van der Waals surface area contributed by atoms with Gasteiger partial charge >= 0.3 is 0 Å². The van der Waals surface area contributed by atoms with Crippen LogP contribution in [0.2, 0.25) is 0 Å². The fourth-order valence-corrected chi connectivity index (χ4v) is 3.25. The minimum absolute atomic E-state index is 0.214. The molecule has 1 aliphatic rings. The van der Waals surface area contributed by atoms with Crippen LogP contribution < -0.4 is 0 Å². The Labute approximate surface area is 119 Å². The summed E-state index contributed by atoms with van der Waals surface area (Å²) in [6, 6.07) is 21.2. The largest absolute Gasteiger partial charge is 0.297 e. The summed E-state index contributed by atoms with van der Waals surface area (Å²) in [4.78, 5) is 2.45. The van der Waals surface area contributed by atoms with Gasteiger partial charge in [-0.3, -0.25) is 4.90 Å². The minimum Gasteiger partial charge on any atom is -0.297 e. The predicted octanol–water partition coefficient (Wildman–Crippen LogP) is 3.89. The topological polar surface area (TPSA) is 3.24 Å². The second kappa shape index (κ2) is 5.77. The molecule has 0 aromatic heterocycles. The predicted molar refractivity (Wildman–Crippen MR) is 80.5 cm³/mol. The highest BCUT2D eigenvalue weighted by Crippen LogP contribution is 2.31. The molecule has 2 heteroatoms. The fourth-order valence-electron chi connectivity index (χ4n) is 2.83. The molecular weight excluding hydrogens is 254 g/mol. The summed E-state index contributed by atoms with van der Waals surface area (Å²) >= 11 is 6.53. The van der Waals surface area contributed by atoms with E-state index in [1.54, 1.807) is 0 Å². The summed E-state index contributed by atoms with van der Waals surface area (Å²) in [5.41, 5.74) is 2.72.